The summed E-state index contributed by atoms with van der Waals surface area (Å²) in [5.41, 5.74) is 5.48. The molecule has 0 aromatic heterocycles. The molecule has 0 saturated heterocycles. The zero-order valence-electron chi connectivity index (χ0n) is 8.42. The van der Waals surface area contributed by atoms with Crippen molar-refractivity contribution < 1.29 is 4.79 Å². The number of aliphatic imine (C=N–C) groups is 1. The van der Waals surface area contributed by atoms with E-state index < -0.39 is 0 Å². The zero-order valence-corrected chi connectivity index (χ0v) is 8.42. The molecule has 0 aromatic rings. The van der Waals surface area contributed by atoms with E-state index in [2.05, 4.69) is 15.6 Å². The molecule has 0 aliphatic carbocycles. The monoisotopic (exact) mass is 186 g/mol. The molecule has 13 heavy (non-hydrogen) atoms. The molecule has 1 amide bonds. The highest BCUT2D eigenvalue weighted by Gasteiger charge is 1.98. The van der Waals surface area contributed by atoms with Crippen molar-refractivity contribution in [2.75, 3.05) is 13.1 Å². The van der Waals surface area contributed by atoms with Crippen LogP contribution in [0.5, 0.6) is 0 Å². The van der Waals surface area contributed by atoms with Crippen molar-refractivity contribution >= 4 is 11.9 Å². The van der Waals surface area contributed by atoms with Crippen LogP contribution in [0.1, 0.15) is 20.8 Å². The third kappa shape index (κ3) is 7.11. The fourth-order valence-corrected chi connectivity index (χ4v) is 0.751. The molecule has 0 aromatic carbocycles. The summed E-state index contributed by atoms with van der Waals surface area (Å²) in [6.07, 6.45) is 0. The first-order valence-corrected chi connectivity index (χ1v) is 4.39. The van der Waals surface area contributed by atoms with Gasteiger partial charge in [-0.25, -0.2) is 4.99 Å². The number of amides is 1. The van der Waals surface area contributed by atoms with Crippen LogP contribution in [-0.2, 0) is 4.79 Å². The molecule has 0 radical (unpaired) electrons. The Hall–Kier alpha value is -1.26. The first kappa shape index (κ1) is 11.7. The smallest absolute Gasteiger partial charge is 0.241 e. The Kier molecular flexibility index (Phi) is 5.67. The van der Waals surface area contributed by atoms with Gasteiger partial charge in [-0.15, -0.1) is 0 Å². The number of hydrogen-bond donors (Lipinski definition) is 3. The number of nitrogens with one attached hydrogen (secondary N) is 2. The summed E-state index contributed by atoms with van der Waals surface area (Å²) in [6, 6.07) is 0.234. The van der Waals surface area contributed by atoms with Crippen LogP contribution >= 0.6 is 0 Å². The van der Waals surface area contributed by atoms with E-state index in [1.54, 1.807) is 0 Å². The molecule has 0 unspecified atom stereocenters. The predicted molar refractivity (Wildman–Crippen MR) is 53.4 cm³/mol. The van der Waals surface area contributed by atoms with Gasteiger partial charge in [0, 0.05) is 12.6 Å². The molecule has 0 heterocycles. The Bertz CT molecular complexity index is 189. The molecule has 0 bridgehead atoms. The Morgan fingerprint density at radius 3 is 2.62 bits per heavy atom. The van der Waals surface area contributed by atoms with Gasteiger partial charge in [0.25, 0.3) is 0 Å². The molecular weight excluding hydrogens is 168 g/mol. The molecule has 0 spiro atoms. The third-order valence-corrected chi connectivity index (χ3v) is 1.20. The number of nitrogens with two attached hydrogens (primary N) is 1. The molecule has 4 N–H and O–H groups in total. The number of carbonyl (C=O) groups excluding carboxylic acids is 1. The van der Waals surface area contributed by atoms with Gasteiger partial charge in [0.05, 0.1) is 0 Å². The van der Waals surface area contributed by atoms with E-state index in [0.29, 0.717) is 12.5 Å². The van der Waals surface area contributed by atoms with E-state index in [-0.39, 0.29) is 18.5 Å². The van der Waals surface area contributed by atoms with Crippen LogP contribution in [0.25, 0.3) is 0 Å². The van der Waals surface area contributed by atoms with E-state index in [4.69, 9.17) is 5.73 Å². The Balaban J connectivity index is 3.75. The van der Waals surface area contributed by atoms with Crippen molar-refractivity contribution in [2.24, 2.45) is 10.7 Å². The lowest BCUT2D eigenvalue weighted by Crippen LogP contribution is -2.37. The van der Waals surface area contributed by atoms with Crippen LogP contribution in [0.15, 0.2) is 4.99 Å². The lowest BCUT2D eigenvalue weighted by atomic mass is 10.4. The molecule has 0 saturated carbocycles. The maximum absolute atomic E-state index is 10.9. The summed E-state index contributed by atoms with van der Waals surface area (Å²) in [6.45, 7) is 6.46. The van der Waals surface area contributed by atoms with Gasteiger partial charge in [-0.3, -0.25) is 4.79 Å². The quantitative estimate of drug-likeness (QED) is 0.406. The van der Waals surface area contributed by atoms with Gasteiger partial charge in [0.15, 0.2) is 5.96 Å². The topological polar surface area (TPSA) is 79.5 Å². The Morgan fingerprint density at radius 2 is 2.15 bits per heavy atom. The summed E-state index contributed by atoms with van der Waals surface area (Å²) < 4.78 is 0. The average molecular weight is 186 g/mol. The summed E-state index contributed by atoms with van der Waals surface area (Å²) in [4.78, 5) is 14.8. The lowest BCUT2D eigenvalue weighted by molar-refractivity contribution is -0.119. The fraction of sp³-hybridized carbons (Fsp3) is 0.750. The van der Waals surface area contributed by atoms with Gasteiger partial charge in [0.2, 0.25) is 5.91 Å². The molecule has 0 aliphatic heterocycles. The van der Waals surface area contributed by atoms with Crippen molar-refractivity contribution in [1.82, 2.24) is 10.6 Å². The van der Waals surface area contributed by atoms with Gasteiger partial charge in [-0.05, 0) is 20.8 Å². The van der Waals surface area contributed by atoms with Crippen LogP contribution in [-0.4, -0.2) is 31.0 Å². The lowest BCUT2D eigenvalue weighted by Gasteiger charge is -2.08. The minimum Gasteiger partial charge on any atom is -0.370 e. The number of guanidine groups is 1. The first-order valence-electron chi connectivity index (χ1n) is 4.39. The van der Waals surface area contributed by atoms with Crippen LogP contribution in [0.2, 0.25) is 0 Å². The second-order valence-electron chi connectivity index (χ2n) is 2.95. The molecular formula is C8H18N4O. The number of carbonyl (C=O) groups is 1. The first-order chi connectivity index (χ1) is 6.06. The van der Waals surface area contributed by atoms with Crippen molar-refractivity contribution in [1.29, 1.82) is 0 Å². The summed E-state index contributed by atoms with van der Waals surface area (Å²) >= 11 is 0. The standard InChI is InChI=1S/C8H18N4O/c1-4-10-7(13)5-11-8(9)12-6(2)3/h6H,4-5H2,1-3H3,(H,10,13)(H3,9,11,12). The van der Waals surface area contributed by atoms with E-state index >= 15 is 0 Å². The SMILES string of the molecule is CCNC(=O)CN=C(N)NC(C)C. The second kappa shape index (κ2) is 6.28. The van der Waals surface area contributed by atoms with Crippen LogP contribution in [0.3, 0.4) is 0 Å². The highest BCUT2D eigenvalue weighted by molar-refractivity contribution is 5.83. The van der Waals surface area contributed by atoms with Crippen LogP contribution in [0, 0.1) is 0 Å². The normalized spacial score (nSPS) is 11.5. The van der Waals surface area contributed by atoms with E-state index in [1.165, 1.54) is 0 Å². The summed E-state index contributed by atoms with van der Waals surface area (Å²) in [5, 5.41) is 5.51. The summed E-state index contributed by atoms with van der Waals surface area (Å²) in [7, 11) is 0. The molecule has 0 fully saturated rings. The second-order valence-corrected chi connectivity index (χ2v) is 2.95. The average Bonchev–Trinajstić information content (AvgIpc) is 2.00. The van der Waals surface area contributed by atoms with E-state index in [9.17, 15) is 4.79 Å². The summed E-state index contributed by atoms with van der Waals surface area (Å²) in [5.74, 6) is 0.192. The predicted octanol–water partition coefficient (Wildman–Crippen LogP) is -0.565. The van der Waals surface area contributed by atoms with Crippen LogP contribution < -0.4 is 16.4 Å². The number of rotatable bonds is 4. The van der Waals surface area contributed by atoms with Crippen molar-refractivity contribution in [3.8, 4) is 0 Å². The third-order valence-electron chi connectivity index (χ3n) is 1.20. The van der Waals surface area contributed by atoms with E-state index in [0.717, 1.165) is 0 Å². The minimum atomic E-state index is -0.115. The van der Waals surface area contributed by atoms with Gasteiger partial charge in [-0.1, -0.05) is 0 Å². The van der Waals surface area contributed by atoms with Gasteiger partial charge < -0.3 is 16.4 Å². The van der Waals surface area contributed by atoms with Gasteiger partial charge >= 0.3 is 0 Å². The molecule has 5 nitrogen and oxygen atoms in total. The van der Waals surface area contributed by atoms with Crippen molar-refractivity contribution in [3.63, 3.8) is 0 Å². The molecule has 0 atom stereocenters. The van der Waals surface area contributed by atoms with Gasteiger partial charge in [0.1, 0.15) is 6.54 Å². The van der Waals surface area contributed by atoms with Crippen molar-refractivity contribution in [2.45, 2.75) is 26.8 Å². The maximum Gasteiger partial charge on any atom is 0.241 e. The van der Waals surface area contributed by atoms with Crippen LogP contribution in [0.4, 0.5) is 0 Å². The molecule has 0 rings (SSSR count). The fourth-order valence-electron chi connectivity index (χ4n) is 0.751. The zero-order chi connectivity index (χ0) is 10.3. The van der Waals surface area contributed by atoms with Crippen molar-refractivity contribution in [3.05, 3.63) is 0 Å². The Morgan fingerprint density at radius 1 is 1.54 bits per heavy atom. The number of hydrogen-bond acceptors (Lipinski definition) is 2. The number of likely N-dealkylation sites (N-methyl/N-ethyl adjacent to an activating group) is 1. The molecule has 5 heteroatoms. The maximum atomic E-state index is 10.9. The molecule has 76 valence electrons. The highest BCUT2D eigenvalue weighted by Crippen LogP contribution is 1.76. The van der Waals surface area contributed by atoms with E-state index in [1.807, 2.05) is 20.8 Å². The van der Waals surface area contributed by atoms with Gasteiger partial charge in [-0.2, -0.15) is 0 Å². The minimum absolute atomic E-state index is 0.0827. The number of nitrogens with zero attached hydrogens (tertiary/aromatic N) is 1. The molecule has 0 aliphatic rings. The Labute approximate surface area is 78.8 Å². The largest absolute Gasteiger partial charge is 0.370 e. The highest BCUT2D eigenvalue weighted by atomic mass is 16.1.